The van der Waals surface area contributed by atoms with E-state index < -0.39 is 147 Å². The van der Waals surface area contributed by atoms with Gasteiger partial charge in [0.25, 0.3) is 0 Å². The summed E-state index contributed by atoms with van der Waals surface area (Å²) in [5.74, 6) is 0.756. The third-order valence-corrected chi connectivity index (χ3v) is 23.0. The van der Waals surface area contributed by atoms with Crippen molar-refractivity contribution in [2.24, 2.45) is 56.7 Å². The fraction of sp³-hybridized carbons (Fsp3) is 0.898. The fourth-order valence-corrected chi connectivity index (χ4v) is 17.7. The molecule has 81 heavy (non-hydrogen) atoms. The first-order valence-electron chi connectivity index (χ1n) is 29.9. The topological polar surface area (TPSA) is 332 Å². The largest absolute Gasteiger partial charge is 0.461 e. The van der Waals surface area contributed by atoms with Gasteiger partial charge in [-0.25, -0.2) is 4.79 Å². The van der Waals surface area contributed by atoms with Crippen molar-refractivity contribution in [1.82, 2.24) is 5.32 Å². The third-order valence-electron chi connectivity index (χ3n) is 23.0. The number of aliphatic hydroxyl groups excluding tert-OH is 10. The molecule has 5 aliphatic heterocycles. The molecule has 22 nitrogen and oxygen atoms in total. The van der Waals surface area contributed by atoms with Crippen LogP contribution in [0.25, 0.3) is 0 Å². The van der Waals surface area contributed by atoms with Crippen LogP contribution in [0.15, 0.2) is 23.8 Å². The Hall–Kier alpha value is -2.30. The van der Waals surface area contributed by atoms with Crippen molar-refractivity contribution >= 4 is 11.9 Å². The molecule has 0 bridgehead atoms. The summed E-state index contributed by atoms with van der Waals surface area (Å²) in [5.41, 5.74) is 0.606. The molecular formula is C59H93NO21. The second-order valence-corrected chi connectivity index (χ2v) is 27.3. The van der Waals surface area contributed by atoms with Crippen LogP contribution in [-0.2, 0) is 52.2 Å². The summed E-state index contributed by atoms with van der Waals surface area (Å²) in [6.45, 7) is 19.2. The standard InChI is InChI=1S/C59H93NO21/c1-25(12-11-13-26(2)49(71)60-37-27(3)28(4)74-50(37)72)31-16-18-57(10)35-15-14-34-55(7,8)36(17-19-58(34)24-59(35,58)21-20-56(31,57)9)79-53-47(41(65)33(23-73-53)78-51-45(69)42(66)38(62)29(5)75-51)81-54-48(44(68)40(64)32(22-61)77-54)80-52-46(70)43(67)39(63)30(6)76-52/h11-13,25,27-48,51-54,61-70H,14-24H2,1-10H3,(H,60,71). The number of esters is 1. The van der Waals surface area contributed by atoms with Crippen molar-refractivity contribution < 1.29 is 103 Å². The highest BCUT2D eigenvalue weighted by Crippen LogP contribution is 2.89. The Morgan fingerprint density at radius 3 is 1.89 bits per heavy atom. The van der Waals surface area contributed by atoms with E-state index in [1.165, 1.54) is 13.8 Å². The summed E-state index contributed by atoms with van der Waals surface area (Å²) in [7, 11) is 0. The lowest BCUT2D eigenvalue weighted by atomic mass is 9.42. The predicted octanol–water partition coefficient (Wildman–Crippen LogP) is 0.982. The highest BCUT2D eigenvalue weighted by atomic mass is 16.8. The van der Waals surface area contributed by atoms with Gasteiger partial charge in [0, 0.05) is 11.5 Å². The van der Waals surface area contributed by atoms with Gasteiger partial charge >= 0.3 is 5.97 Å². The highest BCUT2D eigenvalue weighted by Gasteiger charge is 2.82. The minimum atomic E-state index is -1.87. The van der Waals surface area contributed by atoms with E-state index in [1.807, 2.05) is 26.0 Å². The van der Waals surface area contributed by atoms with Gasteiger partial charge in [-0.2, -0.15) is 0 Å². The number of nitrogens with one attached hydrogen (secondary N) is 1. The summed E-state index contributed by atoms with van der Waals surface area (Å²) >= 11 is 0. The van der Waals surface area contributed by atoms with E-state index in [9.17, 15) is 60.7 Å². The molecule has 10 fully saturated rings. The van der Waals surface area contributed by atoms with Gasteiger partial charge in [0.15, 0.2) is 25.2 Å². The first kappa shape index (κ1) is 61.8. The molecule has 22 heteroatoms. The predicted molar refractivity (Wildman–Crippen MR) is 283 cm³/mol. The SMILES string of the molecule is CC(=CC=CC(C)C1CCC2(C)C3CCC4C(C)(C)C(OC5OCC(OC6OC(C)C(O)C(O)C6O)C(O)C5OC5OC(CO)C(O)C(O)C5OC5OC(C)C(O)C(O)C5O)CCC45CC35CCC12C)C(=O)NC1C(=O)OC(C)C1C. The molecule has 460 valence electrons. The lowest BCUT2D eigenvalue weighted by molar-refractivity contribution is -0.398. The van der Waals surface area contributed by atoms with E-state index >= 15 is 0 Å². The van der Waals surface area contributed by atoms with E-state index in [-0.39, 0.29) is 58.0 Å². The van der Waals surface area contributed by atoms with E-state index in [2.05, 4.69) is 46.0 Å². The van der Waals surface area contributed by atoms with E-state index in [4.69, 9.17) is 42.6 Å². The zero-order valence-electron chi connectivity index (χ0n) is 48.6. The molecule has 0 aromatic carbocycles. The number of carbonyl (C=O) groups excluding carboxylic acids is 2. The van der Waals surface area contributed by atoms with Crippen molar-refractivity contribution in [2.75, 3.05) is 13.2 Å². The van der Waals surface area contributed by atoms with Crippen molar-refractivity contribution in [3.05, 3.63) is 23.8 Å². The molecule has 31 atom stereocenters. The van der Waals surface area contributed by atoms with Crippen molar-refractivity contribution in [2.45, 2.75) is 262 Å². The zero-order chi connectivity index (χ0) is 58.8. The number of allylic oxidation sites excluding steroid dienone is 3. The average molecular weight is 1150 g/mol. The average Bonchev–Trinajstić information content (AvgIpc) is 1.71. The number of hydrogen-bond donors (Lipinski definition) is 11. The molecule has 0 aromatic rings. The molecule has 5 saturated carbocycles. The molecule has 1 amide bonds. The van der Waals surface area contributed by atoms with Crippen LogP contribution in [0, 0.1) is 56.7 Å². The lowest BCUT2D eigenvalue weighted by Gasteiger charge is -2.63. The summed E-state index contributed by atoms with van der Waals surface area (Å²) in [5, 5.41) is 112. The van der Waals surface area contributed by atoms with Crippen LogP contribution in [0.1, 0.15) is 127 Å². The molecule has 31 unspecified atom stereocenters. The minimum Gasteiger partial charge on any atom is -0.461 e. The summed E-state index contributed by atoms with van der Waals surface area (Å²) in [4.78, 5) is 25.5. The Balaban J connectivity index is 0.853. The van der Waals surface area contributed by atoms with Crippen molar-refractivity contribution in [1.29, 1.82) is 0 Å². The molecule has 10 aliphatic rings. The Kier molecular flexibility index (Phi) is 17.4. The number of cyclic esters (lactones) is 1. The van der Waals surface area contributed by atoms with Gasteiger partial charge < -0.3 is 99.0 Å². The van der Waals surface area contributed by atoms with Crippen LogP contribution in [-0.4, -0.2) is 211 Å². The van der Waals surface area contributed by atoms with Gasteiger partial charge in [0.1, 0.15) is 91.5 Å². The van der Waals surface area contributed by atoms with E-state index in [0.29, 0.717) is 23.8 Å². The fourth-order valence-electron chi connectivity index (χ4n) is 17.7. The lowest BCUT2D eigenvalue weighted by Crippen LogP contribution is -2.66. The maximum atomic E-state index is 13.1. The highest BCUT2D eigenvalue weighted by molar-refractivity contribution is 5.96. The number of rotatable bonds is 14. The molecule has 0 radical (unpaired) electrons. The summed E-state index contributed by atoms with van der Waals surface area (Å²) in [6, 6.07) is -0.661. The maximum Gasteiger partial charge on any atom is 0.329 e. The number of ether oxygens (including phenoxy) is 9. The second-order valence-electron chi connectivity index (χ2n) is 27.3. The molecule has 5 heterocycles. The normalized spacial score (nSPS) is 53.7. The van der Waals surface area contributed by atoms with E-state index in [1.54, 1.807) is 6.92 Å². The van der Waals surface area contributed by atoms with Gasteiger partial charge in [0.05, 0.1) is 31.5 Å². The number of fused-ring (bicyclic) bond motifs is 2. The maximum absolute atomic E-state index is 13.1. The smallest absolute Gasteiger partial charge is 0.329 e. The molecule has 5 aliphatic carbocycles. The Labute approximate surface area is 474 Å². The van der Waals surface area contributed by atoms with E-state index in [0.717, 1.165) is 51.4 Å². The minimum absolute atomic E-state index is 0.0999. The second kappa shape index (κ2) is 22.8. The quantitative estimate of drug-likeness (QED) is 0.0500. The Bertz CT molecular complexity index is 2340. The van der Waals surface area contributed by atoms with Gasteiger partial charge in [-0.3, -0.25) is 4.79 Å². The van der Waals surface area contributed by atoms with Gasteiger partial charge in [-0.05, 0) is 136 Å². The summed E-state index contributed by atoms with van der Waals surface area (Å²) < 4.78 is 55.0. The van der Waals surface area contributed by atoms with Crippen LogP contribution in [0.4, 0.5) is 0 Å². The number of amides is 1. The zero-order valence-corrected chi connectivity index (χ0v) is 48.6. The van der Waals surface area contributed by atoms with Crippen LogP contribution in [0.5, 0.6) is 0 Å². The third kappa shape index (κ3) is 10.2. The van der Waals surface area contributed by atoms with Crippen LogP contribution >= 0.6 is 0 Å². The molecule has 0 aromatic heterocycles. The Morgan fingerprint density at radius 2 is 1.26 bits per heavy atom. The molecule has 5 saturated heterocycles. The van der Waals surface area contributed by atoms with Gasteiger partial charge in [-0.15, -0.1) is 0 Å². The number of aliphatic hydroxyl groups is 10. The summed E-state index contributed by atoms with van der Waals surface area (Å²) in [6.07, 6.45) is -14.8. The number of hydrogen-bond acceptors (Lipinski definition) is 21. The van der Waals surface area contributed by atoms with Crippen LogP contribution in [0.2, 0.25) is 0 Å². The van der Waals surface area contributed by atoms with Crippen LogP contribution < -0.4 is 5.32 Å². The number of carbonyl (C=O) groups is 2. The van der Waals surface area contributed by atoms with Crippen molar-refractivity contribution in [3.63, 3.8) is 0 Å². The molecule has 10 rings (SSSR count). The van der Waals surface area contributed by atoms with Crippen LogP contribution in [0.3, 0.4) is 0 Å². The monoisotopic (exact) mass is 1150 g/mol. The van der Waals surface area contributed by atoms with Gasteiger partial charge in [-0.1, -0.05) is 59.8 Å². The Morgan fingerprint density at radius 1 is 0.654 bits per heavy atom. The van der Waals surface area contributed by atoms with Crippen molar-refractivity contribution in [3.8, 4) is 0 Å². The first-order chi connectivity index (χ1) is 38.1. The molecule has 11 N–H and O–H groups in total. The molecular weight excluding hydrogens is 1060 g/mol. The molecule has 2 spiro atoms. The first-order valence-corrected chi connectivity index (χ1v) is 29.9. The van der Waals surface area contributed by atoms with Gasteiger partial charge in [0.2, 0.25) is 5.91 Å².